The van der Waals surface area contributed by atoms with Gasteiger partial charge in [0.1, 0.15) is 0 Å². The molecule has 4 rings (SSSR count). The van der Waals surface area contributed by atoms with Crippen LogP contribution in [0.4, 0.5) is 0 Å². The lowest BCUT2D eigenvalue weighted by Gasteiger charge is -2.26. The summed E-state index contributed by atoms with van der Waals surface area (Å²) in [6, 6.07) is 11.7. The van der Waals surface area contributed by atoms with Crippen LogP contribution in [0.15, 0.2) is 36.4 Å². The summed E-state index contributed by atoms with van der Waals surface area (Å²) in [5.74, 6) is 0. The molecular weight excluding hydrogens is 389 g/mol. The second-order valence-electron chi connectivity index (χ2n) is 7.04. The van der Waals surface area contributed by atoms with Gasteiger partial charge in [-0.25, -0.2) is 0 Å². The van der Waals surface area contributed by atoms with Crippen LogP contribution in [0.25, 0.3) is 21.5 Å². The molecule has 136 valence electrons. The zero-order valence-corrected chi connectivity index (χ0v) is 16.5. The molecule has 0 radical (unpaired) electrons. The molecular formula is C21H20Cl3NO. The topological polar surface area (TPSA) is 32.3 Å². The highest BCUT2D eigenvalue weighted by Gasteiger charge is 2.21. The average molecular weight is 409 g/mol. The third kappa shape index (κ3) is 3.54. The normalized spacial score (nSPS) is 19.2. The summed E-state index contributed by atoms with van der Waals surface area (Å²) >= 11 is 18.9. The van der Waals surface area contributed by atoms with Gasteiger partial charge < -0.3 is 10.4 Å². The minimum Gasteiger partial charge on any atom is -0.388 e. The van der Waals surface area contributed by atoms with Gasteiger partial charge in [-0.2, -0.15) is 0 Å². The summed E-state index contributed by atoms with van der Waals surface area (Å²) in [6.07, 6.45) is 3.66. The minimum absolute atomic E-state index is 0.347. The second kappa shape index (κ2) is 7.53. The lowest BCUT2D eigenvalue weighted by Crippen LogP contribution is -2.35. The lowest BCUT2D eigenvalue weighted by atomic mass is 9.90. The van der Waals surface area contributed by atoms with Crippen LogP contribution in [0, 0.1) is 0 Å². The highest BCUT2D eigenvalue weighted by atomic mass is 35.5. The van der Waals surface area contributed by atoms with E-state index in [1.54, 1.807) is 6.07 Å². The second-order valence-corrected chi connectivity index (χ2v) is 8.32. The van der Waals surface area contributed by atoms with E-state index in [0.717, 1.165) is 40.1 Å². The Morgan fingerprint density at radius 2 is 1.85 bits per heavy atom. The molecule has 0 aromatic heterocycles. The molecule has 3 aromatic carbocycles. The Morgan fingerprint density at radius 3 is 2.62 bits per heavy atom. The summed E-state index contributed by atoms with van der Waals surface area (Å²) < 4.78 is 0. The highest BCUT2D eigenvalue weighted by Crippen LogP contribution is 2.39. The van der Waals surface area contributed by atoms with Crippen molar-refractivity contribution in [3.05, 3.63) is 57.0 Å². The molecule has 0 bridgehead atoms. The van der Waals surface area contributed by atoms with E-state index in [-0.39, 0.29) is 0 Å². The Balaban J connectivity index is 1.87. The molecule has 5 heteroatoms. The Bertz CT molecular complexity index is 967. The molecule has 0 saturated carbocycles. The van der Waals surface area contributed by atoms with Crippen LogP contribution in [0.2, 0.25) is 15.1 Å². The molecule has 2 nitrogen and oxygen atoms in total. The van der Waals surface area contributed by atoms with Crippen LogP contribution < -0.4 is 5.32 Å². The Labute approximate surface area is 168 Å². The first-order valence-electron chi connectivity index (χ1n) is 8.95. The van der Waals surface area contributed by atoms with Crippen molar-refractivity contribution in [1.29, 1.82) is 0 Å². The van der Waals surface area contributed by atoms with Crippen LogP contribution >= 0.6 is 34.8 Å². The number of aliphatic hydroxyl groups excluding tert-OH is 1. The van der Waals surface area contributed by atoms with Gasteiger partial charge in [-0.1, -0.05) is 47.3 Å². The molecule has 26 heavy (non-hydrogen) atoms. The van der Waals surface area contributed by atoms with Crippen LogP contribution in [0.3, 0.4) is 0 Å². The molecule has 1 aliphatic heterocycles. The zero-order valence-electron chi connectivity index (χ0n) is 14.2. The van der Waals surface area contributed by atoms with Crippen molar-refractivity contribution in [2.24, 2.45) is 0 Å². The minimum atomic E-state index is -0.559. The first-order chi connectivity index (χ1) is 12.5. The number of fused-ring (bicyclic) bond motifs is 3. The van der Waals surface area contributed by atoms with Crippen molar-refractivity contribution in [3.8, 4) is 0 Å². The number of halogens is 3. The molecule has 1 fully saturated rings. The van der Waals surface area contributed by atoms with Crippen LogP contribution in [0.1, 0.15) is 37.4 Å². The number of benzene rings is 3. The smallest absolute Gasteiger partial charge is 0.0811 e. The van der Waals surface area contributed by atoms with E-state index in [0.29, 0.717) is 27.5 Å². The number of hydrogen-bond donors (Lipinski definition) is 2. The van der Waals surface area contributed by atoms with Gasteiger partial charge in [-0.15, -0.1) is 0 Å². The number of aliphatic hydroxyl groups is 1. The molecule has 0 aliphatic carbocycles. The van der Waals surface area contributed by atoms with E-state index in [9.17, 15) is 5.11 Å². The summed E-state index contributed by atoms with van der Waals surface area (Å²) in [6.45, 7) is 1.02. The number of piperidine rings is 1. The molecule has 3 aromatic rings. The monoisotopic (exact) mass is 407 g/mol. The standard InChI is InChI=1S/C21H20Cl3NO/c22-13-4-5-16-17(20(26)11-15-3-1-2-6-25-15)8-12-7-14(23)10-19(24)21(12)18(16)9-13/h4-5,7-10,15,20,25-26H,1-3,6,11H2. The molecule has 2 unspecified atom stereocenters. The first kappa shape index (κ1) is 18.3. The molecule has 0 amide bonds. The van der Waals surface area contributed by atoms with Crippen LogP contribution in [-0.2, 0) is 0 Å². The van der Waals surface area contributed by atoms with Crippen LogP contribution in [-0.4, -0.2) is 17.7 Å². The molecule has 2 atom stereocenters. The fourth-order valence-corrected chi connectivity index (χ4v) is 4.79. The van der Waals surface area contributed by atoms with Gasteiger partial charge in [0.25, 0.3) is 0 Å². The Hall–Kier alpha value is -1.03. The van der Waals surface area contributed by atoms with E-state index >= 15 is 0 Å². The predicted octanol–water partition coefficient (Wildman–Crippen LogP) is 6.52. The lowest BCUT2D eigenvalue weighted by molar-refractivity contribution is 0.146. The maximum atomic E-state index is 11.0. The molecule has 1 aliphatic rings. The summed E-state index contributed by atoms with van der Waals surface area (Å²) in [4.78, 5) is 0. The first-order valence-corrected chi connectivity index (χ1v) is 10.1. The van der Waals surface area contributed by atoms with Crippen molar-refractivity contribution in [3.63, 3.8) is 0 Å². The maximum Gasteiger partial charge on any atom is 0.0811 e. The molecule has 2 N–H and O–H groups in total. The average Bonchev–Trinajstić information content (AvgIpc) is 2.61. The third-order valence-corrected chi connectivity index (χ3v) is 5.99. The van der Waals surface area contributed by atoms with Gasteiger partial charge in [0.2, 0.25) is 0 Å². The SMILES string of the molecule is OC(CC1CCCCN1)c1cc2cc(Cl)cc(Cl)c2c2cc(Cl)ccc12. The van der Waals surface area contributed by atoms with Gasteiger partial charge in [-0.3, -0.25) is 0 Å². The third-order valence-electron chi connectivity index (χ3n) is 5.24. The van der Waals surface area contributed by atoms with Gasteiger partial charge in [0.05, 0.1) is 11.1 Å². The quantitative estimate of drug-likeness (QED) is 0.484. The Morgan fingerprint density at radius 1 is 1.00 bits per heavy atom. The number of nitrogens with one attached hydrogen (secondary N) is 1. The van der Waals surface area contributed by atoms with Crippen molar-refractivity contribution >= 4 is 56.3 Å². The van der Waals surface area contributed by atoms with Crippen LogP contribution in [0.5, 0.6) is 0 Å². The molecule has 1 heterocycles. The van der Waals surface area contributed by atoms with Gasteiger partial charge >= 0.3 is 0 Å². The maximum absolute atomic E-state index is 11.0. The zero-order chi connectivity index (χ0) is 18.3. The van der Waals surface area contributed by atoms with E-state index in [4.69, 9.17) is 34.8 Å². The summed E-state index contributed by atoms with van der Waals surface area (Å²) in [7, 11) is 0. The van der Waals surface area contributed by atoms with E-state index in [1.165, 1.54) is 12.8 Å². The van der Waals surface area contributed by atoms with E-state index < -0.39 is 6.10 Å². The van der Waals surface area contributed by atoms with Crippen molar-refractivity contribution in [2.45, 2.75) is 37.8 Å². The Kier molecular flexibility index (Phi) is 5.31. The molecule has 1 saturated heterocycles. The van der Waals surface area contributed by atoms with Crippen molar-refractivity contribution in [2.75, 3.05) is 6.54 Å². The van der Waals surface area contributed by atoms with Gasteiger partial charge in [-0.05, 0) is 77.9 Å². The van der Waals surface area contributed by atoms with E-state index in [1.807, 2.05) is 30.3 Å². The van der Waals surface area contributed by atoms with Gasteiger partial charge in [0, 0.05) is 21.5 Å². The van der Waals surface area contributed by atoms with Crippen molar-refractivity contribution < 1.29 is 5.11 Å². The fourth-order valence-electron chi connectivity index (χ4n) is 4.01. The summed E-state index contributed by atoms with van der Waals surface area (Å²) in [5.41, 5.74) is 0.898. The van der Waals surface area contributed by atoms with Gasteiger partial charge in [0.15, 0.2) is 0 Å². The molecule has 0 spiro atoms. The largest absolute Gasteiger partial charge is 0.388 e. The van der Waals surface area contributed by atoms with Crippen molar-refractivity contribution in [1.82, 2.24) is 5.32 Å². The number of hydrogen-bond acceptors (Lipinski definition) is 2. The van der Waals surface area contributed by atoms with E-state index in [2.05, 4.69) is 5.32 Å². The predicted molar refractivity (Wildman–Crippen MR) is 112 cm³/mol. The fraction of sp³-hybridized carbons (Fsp3) is 0.333. The summed E-state index contributed by atoms with van der Waals surface area (Å²) in [5, 5.41) is 20.1. The highest BCUT2D eigenvalue weighted by molar-refractivity contribution is 6.41. The number of rotatable bonds is 3.